The van der Waals surface area contributed by atoms with Gasteiger partial charge in [-0.1, -0.05) is 25.1 Å². The van der Waals surface area contributed by atoms with Crippen molar-refractivity contribution in [3.8, 4) is 5.69 Å². The summed E-state index contributed by atoms with van der Waals surface area (Å²) < 4.78 is 29.3. The maximum absolute atomic E-state index is 13.9. The number of hydrogen-bond acceptors (Lipinski definition) is 3. The number of anilines is 1. The molecule has 0 saturated heterocycles. The topological polar surface area (TPSA) is 50.1 Å². The number of aromatic nitrogens is 2. The lowest BCUT2D eigenvalue weighted by atomic mass is 10.1. The molecule has 1 heterocycles. The van der Waals surface area contributed by atoms with E-state index in [1.807, 2.05) is 32.0 Å². The molecule has 0 spiro atoms. The molecule has 0 saturated carbocycles. The summed E-state index contributed by atoms with van der Waals surface area (Å²) in [5.41, 5.74) is 0.643. The van der Waals surface area contributed by atoms with Crippen LogP contribution in [0.15, 0.2) is 30.3 Å². The Balaban J connectivity index is 2.58. The van der Waals surface area contributed by atoms with E-state index in [0.29, 0.717) is 17.1 Å². The Labute approximate surface area is 128 Å². The largest absolute Gasteiger partial charge is 0.390 e. The van der Waals surface area contributed by atoms with Gasteiger partial charge in [0.15, 0.2) is 0 Å². The van der Waals surface area contributed by atoms with Crippen molar-refractivity contribution >= 4 is 5.82 Å². The Bertz CT molecular complexity index is 626. The number of aliphatic hydroxyl groups excluding tert-OH is 1. The van der Waals surface area contributed by atoms with Gasteiger partial charge in [-0.05, 0) is 32.4 Å². The zero-order valence-electron chi connectivity index (χ0n) is 13.0. The average molecular weight is 309 g/mol. The van der Waals surface area contributed by atoms with Gasteiger partial charge in [0.2, 0.25) is 0 Å². The lowest BCUT2D eigenvalue weighted by molar-refractivity contribution is -0.0599. The Kier molecular flexibility index (Phi) is 4.81. The monoisotopic (exact) mass is 309 g/mol. The normalized spacial score (nSPS) is 13.2. The van der Waals surface area contributed by atoms with Crippen LogP contribution in [0.2, 0.25) is 0 Å². The van der Waals surface area contributed by atoms with Gasteiger partial charge in [0.25, 0.3) is 0 Å². The number of halogens is 2. The molecule has 0 amide bonds. The number of nitrogens with zero attached hydrogens (tertiary/aromatic N) is 2. The fraction of sp³-hybridized carbons (Fsp3) is 0.438. The third-order valence-corrected chi connectivity index (χ3v) is 3.66. The highest BCUT2D eigenvalue weighted by atomic mass is 19.3. The second-order valence-corrected chi connectivity index (χ2v) is 5.39. The van der Waals surface area contributed by atoms with E-state index in [2.05, 4.69) is 10.4 Å². The second-order valence-electron chi connectivity index (χ2n) is 5.39. The van der Waals surface area contributed by atoms with Crippen molar-refractivity contribution < 1.29 is 13.9 Å². The van der Waals surface area contributed by atoms with Crippen LogP contribution in [0.1, 0.15) is 31.5 Å². The van der Waals surface area contributed by atoms with Crippen molar-refractivity contribution in [2.24, 2.45) is 0 Å². The molecule has 120 valence electrons. The van der Waals surface area contributed by atoms with Crippen molar-refractivity contribution in [1.82, 2.24) is 9.78 Å². The van der Waals surface area contributed by atoms with Crippen molar-refractivity contribution in [2.75, 3.05) is 11.9 Å². The molecule has 0 aliphatic carbocycles. The smallest absolute Gasteiger partial charge is 0.314 e. The third kappa shape index (κ3) is 3.11. The highest BCUT2D eigenvalue weighted by Gasteiger charge is 2.37. The molecule has 6 heteroatoms. The molecular formula is C16H21F2N3O. The van der Waals surface area contributed by atoms with Crippen LogP contribution in [0.4, 0.5) is 14.6 Å². The molecule has 22 heavy (non-hydrogen) atoms. The van der Waals surface area contributed by atoms with Gasteiger partial charge in [0, 0.05) is 11.6 Å². The van der Waals surface area contributed by atoms with E-state index in [4.69, 9.17) is 5.11 Å². The lowest BCUT2D eigenvalue weighted by Crippen LogP contribution is -2.20. The van der Waals surface area contributed by atoms with Crippen LogP contribution in [0.25, 0.3) is 5.69 Å². The molecule has 0 bridgehead atoms. The SMILES string of the molecule is CCC(C)Nc1c(C)c(C(F)(F)CO)nn1-c1ccccc1. The summed E-state index contributed by atoms with van der Waals surface area (Å²) in [4.78, 5) is 0. The Morgan fingerprint density at radius 2 is 1.95 bits per heavy atom. The van der Waals surface area contributed by atoms with E-state index < -0.39 is 18.2 Å². The van der Waals surface area contributed by atoms with E-state index in [0.717, 1.165) is 6.42 Å². The maximum atomic E-state index is 13.9. The molecule has 0 fully saturated rings. The summed E-state index contributed by atoms with van der Waals surface area (Å²) in [6.45, 7) is 4.32. The quantitative estimate of drug-likeness (QED) is 0.859. The van der Waals surface area contributed by atoms with E-state index >= 15 is 0 Å². The summed E-state index contributed by atoms with van der Waals surface area (Å²) in [5, 5.41) is 16.2. The van der Waals surface area contributed by atoms with Gasteiger partial charge in [-0.25, -0.2) is 4.68 Å². The van der Waals surface area contributed by atoms with Gasteiger partial charge in [-0.2, -0.15) is 13.9 Å². The standard InChI is InChI=1S/C16H21F2N3O/c1-4-11(2)19-15-12(3)14(16(17,18)10-22)20-21(15)13-8-6-5-7-9-13/h5-9,11,19,22H,4,10H2,1-3H3. The van der Waals surface area contributed by atoms with Crippen molar-refractivity contribution in [3.63, 3.8) is 0 Å². The number of hydrogen-bond donors (Lipinski definition) is 2. The van der Waals surface area contributed by atoms with Crippen LogP contribution in [-0.4, -0.2) is 27.5 Å². The molecular weight excluding hydrogens is 288 g/mol. The predicted molar refractivity (Wildman–Crippen MR) is 82.7 cm³/mol. The fourth-order valence-corrected chi connectivity index (χ4v) is 2.18. The number of aliphatic hydroxyl groups is 1. The molecule has 4 nitrogen and oxygen atoms in total. The fourth-order valence-electron chi connectivity index (χ4n) is 2.18. The van der Waals surface area contributed by atoms with Gasteiger partial charge in [-0.15, -0.1) is 0 Å². The molecule has 0 radical (unpaired) electrons. The number of para-hydroxylation sites is 1. The average Bonchev–Trinajstić information content (AvgIpc) is 2.86. The highest BCUT2D eigenvalue weighted by Crippen LogP contribution is 2.34. The van der Waals surface area contributed by atoms with E-state index in [9.17, 15) is 8.78 Å². The second kappa shape index (κ2) is 6.44. The summed E-state index contributed by atoms with van der Waals surface area (Å²) in [6, 6.07) is 9.22. The molecule has 0 aliphatic rings. The Morgan fingerprint density at radius 1 is 1.32 bits per heavy atom. The van der Waals surface area contributed by atoms with Gasteiger partial charge in [0.05, 0.1) is 5.69 Å². The highest BCUT2D eigenvalue weighted by molar-refractivity contribution is 5.54. The number of benzene rings is 1. The summed E-state index contributed by atoms with van der Waals surface area (Å²) in [6.07, 6.45) is 0.852. The molecule has 2 aromatic rings. The maximum Gasteiger partial charge on any atom is 0.314 e. The van der Waals surface area contributed by atoms with Crippen LogP contribution < -0.4 is 5.32 Å². The van der Waals surface area contributed by atoms with E-state index in [-0.39, 0.29) is 6.04 Å². The van der Waals surface area contributed by atoms with Crippen LogP contribution in [0.3, 0.4) is 0 Å². The van der Waals surface area contributed by atoms with Gasteiger partial charge >= 0.3 is 5.92 Å². The first-order chi connectivity index (χ1) is 10.4. The first-order valence-corrected chi connectivity index (χ1v) is 7.31. The summed E-state index contributed by atoms with van der Waals surface area (Å²) in [5.74, 6) is -2.83. The minimum absolute atomic E-state index is 0.119. The minimum atomic E-state index is -3.37. The van der Waals surface area contributed by atoms with Crippen molar-refractivity contribution in [3.05, 3.63) is 41.6 Å². The van der Waals surface area contributed by atoms with Crippen LogP contribution >= 0.6 is 0 Å². The van der Waals surface area contributed by atoms with E-state index in [1.54, 1.807) is 19.1 Å². The predicted octanol–water partition coefficient (Wildman–Crippen LogP) is 3.48. The molecule has 2 rings (SSSR count). The molecule has 0 aliphatic heterocycles. The molecule has 1 aromatic carbocycles. The lowest BCUT2D eigenvalue weighted by Gasteiger charge is -2.16. The van der Waals surface area contributed by atoms with Gasteiger partial charge in [0.1, 0.15) is 18.1 Å². The number of rotatable bonds is 6. The first-order valence-electron chi connectivity index (χ1n) is 7.31. The van der Waals surface area contributed by atoms with Crippen LogP contribution in [0.5, 0.6) is 0 Å². The van der Waals surface area contributed by atoms with Gasteiger partial charge < -0.3 is 10.4 Å². The van der Waals surface area contributed by atoms with Crippen LogP contribution in [-0.2, 0) is 5.92 Å². The summed E-state index contributed by atoms with van der Waals surface area (Å²) in [7, 11) is 0. The number of alkyl halides is 2. The minimum Gasteiger partial charge on any atom is -0.390 e. The van der Waals surface area contributed by atoms with E-state index in [1.165, 1.54) is 4.68 Å². The first kappa shape index (κ1) is 16.4. The van der Waals surface area contributed by atoms with Crippen molar-refractivity contribution in [2.45, 2.75) is 39.2 Å². The molecule has 2 N–H and O–H groups in total. The zero-order chi connectivity index (χ0) is 16.3. The Morgan fingerprint density at radius 3 is 2.50 bits per heavy atom. The third-order valence-electron chi connectivity index (χ3n) is 3.66. The molecule has 1 aromatic heterocycles. The summed E-state index contributed by atoms with van der Waals surface area (Å²) >= 11 is 0. The molecule has 1 unspecified atom stereocenters. The number of nitrogens with one attached hydrogen (secondary N) is 1. The van der Waals surface area contributed by atoms with Crippen LogP contribution in [0, 0.1) is 6.92 Å². The van der Waals surface area contributed by atoms with Crippen molar-refractivity contribution in [1.29, 1.82) is 0 Å². The van der Waals surface area contributed by atoms with Gasteiger partial charge in [-0.3, -0.25) is 0 Å². The Hall–Kier alpha value is -1.95. The zero-order valence-corrected chi connectivity index (χ0v) is 13.0. The molecule has 1 atom stereocenters.